The molecule has 0 aliphatic carbocycles. The first-order valence-corrected chi connectivity index (χ1v) is 6.45. The van der Waals surface area contributed by atoms with Crippen LogP contribution in [0.5, 0.6) is 0 Å². The standard InChI is InChI=1S/C16H13N3/c1-10-11-6-2-3-7-12(11)17-15(10)16-18-13-8-4-5-9-14(13)19-16/h2-10H,1H3,(H,18,19). The van der Waals surface area contributed by atoms with E-state index >= 15 is 0 Å². The fourth-order valence-electron chi connectivity index (χ4n) is 2.66. The first-order valence-electron chi connectivity index (χ1n) is 6.45. The number of aromatic amines is 1. The molecule has 1 unspecified atom stereocenters. The maximum atomic E-state index is 4.72. The minimum atomic E-state index is 0.289. The highest BCUT2D eigenvalue weighted by Crippen LogP contribution is 2.36. The van der Waals surface area contributed by atoms with Gasteiger partial charge in [0.05, 0.1) is 22.4 Å². The molecule has 3 heteroatoms. The Hall–Kier alpha value is -2.42. The highest BCUT2D eigenvalue weighted by molar-refractivity contribution is 6.08. The van der Waals surface area contributed by atoms with Crippen LogP contribution in [0.25, 0.3) is 11.0 Å². The number of para-hydroxylation sites is 3. The van der Waals surface area contributed by atoms with Gasteiger partial charge in [0.2, 0.25) is 0 Å². The minimum absolute atomic E-state index is 0.289. The normalized spacial score (nSPS) is 17.5. The van der Waals surface area contributed by atoms with E-state index < -0.39 is 0 Å². The fraction of sp³-hybridized carbons (Fsp3) is 0.125. The molecule has 0 radical (unpaired) electrons. The van der Waals surface area contributed by atoms with Crippen molar-refractivity contribution >= 4 is 22.4 Å². The lowest BCUT2D eigenvalue weighted by atomic mass is 9.98. The van der Waals surface area contributed by atoms with Gasteiger partial charge in [0.15, 0.2) is 5.82 Å². The summed E-state index contributed by atoms with van der Waals surface area (Å²) < 4.78 is 0. The third-order valence-electron chi connectivity index (χ3n) is 3.69. The van der Waals surface area contributed by atoms with E-state index in [9.17, 15) is 0 Å². The summed E-state index contributed by atoms with van der Waals surface area (Å²) in [7, 11) is 0. The van der Waals surface area contributed by atoms with Gasteiger partial charge in [-0.3, -0.25) is 0 Å². The van der Waals surface area contributed by atoms with Crippen molar-refractivity contribution in [1.82, 2.24) is 9.97 Å². The maximum absolute atomic E-state index is 4.72. The number of nitrogens with one attached hydrogen (secondary N) is 1. The monoisotopic (exact) mass is 247 g/mol. The van der Waals surface area contributed by atoms with Gasteiger partial charge < -0.3 is 4.98 Å². The van der Waals surface area contributed by atoms with Crippen LogP contribution in [-0.4, -0.2) is 15.7 Å². The lowest BCUT2D eigenvalue weighted by Crippen LogP contribution is -2.08. The lowest BCUT2D eigenvalue weighted by Gasteiger charge is -2.05. The van der Waals surface area contributed by atoms with Crippen LogP contribution in [0, 0.1) is 0 Å². The summed E-state index contributed by atoms with van der Waals surface area (Å²) >= 11 is 0. The molecule has 1 aliphatic heterocycles. The molecule has 2 aromatic carbocycles. The molecule has 92 valence electrons. The number of nitrogens with zero attached hydrogens (tertiary/aromatic N) is 2. The Morgan fingerprint density at radius 3 is 2.63 bits per heavy atom. The van der Waals surface area contributed by atoms with Crippen LogP contribution in [0.4, 0.5) is 5.69 Å². The highest BCUT2D eigenvalue weighted by Gasteiger charge is 2.25. The fourth-order valence-corrected chi connectivity index (χ4v) is 2.66. The predicted octanol–water partition coefficient (Wildman–Crippen LogP) is 3.80. The summed E-state index contributed by atoms with van der Waals surface area (Å²) in [5.41, 5.74) is 5.41. The molecule has 0 spiro atoms. The number of H-pyrrole nitrogens is 1. The third-order valence-corrected chi connectivity index (χ3v) is 3.69. The van der Waals surface area contributed by atoms with Gasteiger partial charge in [-0.15, -0.1) is 0 Å². The molecule has 3 nitrogen and oxygen atoms in total. The van der Waals surface area contributed by atoms with E-state index in [0.29, 0.717) is 0 Å². The van der Waals surface area contributed by atoms with E-state index in [2.05, 4.69) is 35.1 Å². The van der Waals surface area contributed by atoms with Gasteiger partial charge >= 0.3 is 0 Å². The molecule has 0 saturated carbocycles. The van der Waals surface area contributed by atoms with Gasteiger partial charge in [0.1, 0.15) is 0 Å². The second kappa shape index (κ2) is 3.79. The zero-order chi connectivity index (χ0) is 12.8. The molecule has 2 heterocycles. The summed E-state index contributed by atoms with van der Waals surface area (Å²) in [4.78, 5) is 12.7. The molecule has 1 N–H and O–H groups in total. The Morgan fingerprint density at radius 2 is 1.79 bits per heavy atom. The summed E-state index contributed by atoms with van der Waals surface area (Å²) in [5, 5.41) is 0. The minimum Gasteiger partial charge on any atom is -0.337 e. The van der Waals surface area contributed by atoms with Gasteiger partial charge in [0.25, 0.3) is 0 Å². The van der Waals surface area contributed by atoms with Crippen LogP contribution in [0.3, 0.4) is 0 Å². The zero-order valence-electron chi connectivity index (χ0n) is 10.6. The molecule has 0 saturated heterocycles. The van der Waals surface area contributed by atoms with Gasteiger partial charge in [-0.2, -0.15) is 0 Å². The van der Waals surface area contributed by atoms with Crippen molar-refractivity contribution in [1.29, 1.82) is 0 Å². The van der Waals surface area contributed by atoms with Crippen LogP contribution in [0.1, 0.15) is 24.2 Å². The van der Waals surface area contributed by atoms with Crippen molar-refractivity contribution in [3.8, 4) is 0 Å². The number of benzene rings is 2. The second-order valence-electron chi connectivity index (χ2n) is 4.88. The van der Waals surface area contributed by atoms with Gasteiger partial charge in [0, 0.05) is 5.92 Å². The number of rotatable bonds is 1. The second-order valence-corrected chi connectivity index (χ2v) is 4.88. The largest absolute Gasteiger partial charge is 0.337 e. The quantitative estimate of drug-likeness (QED) is 0.698. The maximum Gasteiger partial charge on any atom is 0.153 e. The third kappa shape index (κ3) is 1.51. The number of hydrogen-bond acceptors (Lipinski definition) is 2. The Kier molecular flexibility index (Phi) is 2.09. The molecule has 0 fully saturated rings. The number of aliphatic imine (C=N–C) groups is 1. The zero-order valence-corrected chi connectivity index (χ0v) is 10.6. The van der Waals surface area contributed by atoms with Gasteiger partial charge in [-0.05, 0) is 23.8 Å². The van der Waals surface area contributed by atoms with E-state index in [4.69, 9.17) is 4.99 Å². The Labute approximate surface area is 111 Å². The Morgan fingerprint density at radius 1 is 1.00 bits per heavy atom. The molecular formula is C16H13N3. The van der Waals surface area contributed by atoms with Gasteiger partial charge in [-0.1, -0.05) is 37.3 Å². The SMILES string of the molecule is CC1C(c2nc3ccccc3[nH]2)=Nc2ccccc21. The first-order chi connectivity index (χ1) is 9.33. The van der Waals surface area contributed by atoms with Crippen molar-refractivity contribution in [2.75, 3.05) is 0 Å². The smallest absolute Gasteiger partial charge is 0.153 e. The number of aromatic nitrogens is 2. The van der Waals surface area contributed by atoms with Crippen LogP contribution < -0.4 is 0 Å². The molecule has 19 heavy (non-hydrogen) atoms. The Bertz CT molecular complexity index is 765. The van der Waals surface area contributed by atoms with Crippen molar-refractivity contribution in [2.45, 2.75) is 12.8 Å². The average molecular weight is 247 g/mol. The summed E-state index contributed by atoms with van der Waals surface area (Å²) in [6, 6.07) is 16.4. The number of fused-ring (bicyclic) bond motifs is 2. The van der Waals surface area contributed by atoms with Crippen LogP contribution >= 0.6 is 0 Å². The van der Waals surface area contributed by atoms with Crippen LogP contribution in [-0.2, 0) is 0 Å². The highest BCUT2D eigenvalue weighted by atomic mass is 15.0. The first kappa shape index (κ1) is 10.5. The summed E-state index contributed by atoms with van der Waals surface area (Å²) in [6.07, 6.45) is 0. The summed E-state index contributed by atoms with van der Waals surface area (Å²) in [6.45, 7) is 2.18. The van der Waals surface area contributed by atoms with E-state index in [1.165, 1.54) is 5.56 Å². The summed E-state index contributed by atoms with van der Waals surface area (Å²) in [5.74, 6) is 1.17. The molecule has 1 aromatic heterocycles. The van der Waals surface area contributed by atoms with Crippen LogP contribution in [0.2, 0.25) is 0 Å². The molecule has 3 aromatic rings. The average Bonchev–Trinajstić information content (AvgIpc) is 3.00. The molecule has 0 bridgehead atoms. The van der Waals surface area contributed by atoms with E-state index in [0.717, 1.165) is 28.3 Å². The van der Waals surface area contributed by atoms with E-state index in [1.807, 2.05) is 30.3 Å². The molecule has 0 amide bonds. The Balaban J connectivity index is 1.86. The van der Waals surface area contributed by atoms with Crippen molar-refractivity contribution in [2.24, 2.45) is 4.99 Å². The lowest BCUT2D eigenvalue weighted by molar-refractivity contribution is 1.04. The van der Waals surface area contributed by atoms with Crippen molar-refractivity contribution < 1.29 is 0 Å². The van der Waals surface area contributed by atoms with Crippen LogP contribution in [0.15, 0.2) is 53.5 Å². The van der Waals surface area contributed by atoms with E-state index in [1.54, 1.807) is 0 Å². The molecule has 4 rings (SSSR count). The van der Waals surface area contributed by atoms with Gasteiger partial charge in [-0.25, -0.2) is 9.98 Å². The molecule has 1 atom stereocenters. The van der Waals surface area contributed by atoms with E-state index in [-0.39, 0.29) is 5.92 Å². The predicted molar refractivity (Wildman–Crippen MR) is 77.1 cm³/mol. The van der Waals surface area contributed by atoms with Crippen molar-refractivity contribution in [3.63, 3.8) is 0 Å². The molecule has 1 aliphatic rings. The van der Waals surface area contributed by atoms with Crippen molar-refractivity contribution in [3.05, 3.63) is 59.9 Å². The number of imidazole rings is 1. The number of hydrogen-bond donors (Lipinski definition) is 1. The topological polar surface area (TPSA) is 41.0 Å². The molecular weight excluding hydrogens is 234 g/mol.